The lowest BCUT2D eigenvalue weighted by Crippen LogP contribution is -2.05. The van der Waals surface area contributed by atoms with Gasteiger partial charge in [0.15, 0.2) is 0 Å². The van der Waals surface area contributed by atoms with Gasteiger partial charge in [-0.3, -0.25) is 0 Å². The fourth-order valence-corrected chi connectivity index (χ4v) is 1.32. The Hall–Kier alpha value is -0.990. The quantitative estimate of drug-likeness (QED) is 0.592. The van der Waals surface area contributed by atoms with E-state index in [2.05, 4.69) is 11.4 Å². The van der Waals surface area contributed by atoms with Gasteiger partial charge in [0.05, 0.1) is 0 Å². The molecule has 0 spiro atoms. The van der Waals surface area contributed by atoms with E-state index < -0.39 is 0 Å². The molecule has 14 heavy (non-hydrogen) atoms. The standard InChI is InChI=1S/C11H15ClN2/c1-14-7-3-2-4-9-5-6-10(12)8-11(9)13/h2,4-6,8,14H,3,7,13H2,1H3. The van der Waals surface area contributed by atoms with Gasteiger partial charge in [-0.1, -0.05) is 29.8 Å². The van der Waals surface area contributed by atoms with Gasteiger partial charge >= 0.3 is 0 Å². The van der Waals surface area contributed by atoms with Crippen LogP contribution in [0.2, 0.25) is 5.02 Å². The highest BCUT2D eigenvalue weighted by Gasteiger charge is 1.94. The summed E-state index contributed by atoms with van der Waals surface area (Å²) >= 11 is 5.79. The molecule has 0 aromatic heterocycles. The minimum absolute atomic E-state index is 0.676. The van der Waals surface area contributed by atoms with Crippen LogP contribution in [0.3, 0.4) is 0 Å². The molecule has 0 radical (unpaired) electrons. The van der Waals surface area contributed by atoms with E-state index in [1.165, 1.54) is 0 Å². The maximum Gasteiger partial charge on any atom is 0.0426 e. The molecule has 76 valence electrons. The van der Waals surface area contributed by atoms with Crippen molar-refractivity contribution < 1.29 is 0 Å². The van der Waals surface area contributed by atoms with Crippen LogP contribution in [0.15, 0.2) is 24.3 Å². The maximum absolute atomic E-state index is 5.79. The Morgan fingerprint density at radius 2 is 2.29 bits per heavy atom. The van der Waals surface area contributed by atoms with Crippen LogP contribution in [-0.2, 0) is 0 Å². The lowest BCUT2D eigenvalue weighted by molar-refractivity contribution is 0.809. The fourth-order valence-electron chi connectivity index (χ4n) is 1.14. The van der Waals surface area contributed by atoms with Gasteiger partial charge < -0.3 is 11.1 Å². The number of nitrogens with one attached hydrogen (secondary N) is 1. The summed E-state index contributed by atoms with van der Waals surface area (Å²) in [6, 6.07) is 5.53. The molecule has 0 atom stereocenters. The number of rotatable bonds is 4. The molecular formula is C11H15ClN2. The van der Waals surface area contributed by atoms with Crippen molar-refractivity contribution in [3.8, 4) is 0 Å². The highest BCUT2D eigenvalue weighted by Crippen LogP contribution is 2.19. The number of halogens is 1. The smallest absolute Gasteiger partial charge is 0.0426 e. The largest absolute Gasteiger partial charge is 0.398 e. The molecule has 3 N–H and O–H groups in total. The molecule has 0 amide bonds. The number of hydrogen-bond acceptors (Lipinski definition) is 2. The molecular weight excluding hydrogens is 196 g/mol. The highest BCUT2D eigenvalue weighted by atomic mass is 35.5. The third kappa shape index (κ3) is 3.40. The van der Waals surface area contributed by atoms with E-state index in [0.717, 1.165) is 24.2 Å². The molecule has 1 aromatic rings. The van der Waals surface area contributed by atoms with Crippen LogP contribution in [0.1, 0.15) is 12.0 Å². The highest BCUT2D eigenvalue weighted by molar-refractivity contribution is 6.30. The minimum Gasteiger partial charge on any atom is -0.398 e. The molecule has 0 aliphatic rings. The molecule has 1 rings (SSSR count). The van der Waals surface area contributed by atoms with Gasteiger partial charge in [0.2, 0.25) is 0 Å². The van der Waals surface area contributed by atoms with Crippen molar-refractivity contribution in [3.63, 3.8) is 0 Å². The lowest BCUT2D eigenvalue weighted by atomic mass is 10.1. The predicted octanol–water partition coefficient (Wildman–Crippen LogP) is 2.54. The molecule has 0 bridgehead atoms. The third-order valence-corrected chi connectivity index (χ3v) is 2.14. The lowest BCUT2D eigenvalue weighted by Gasteiger charge is -2.00. The first-order valence-corrected chi connectivity index (χ1v) is 4.98. The second-order valence-corrected chi connectivity index (χ2v) is 3.50. The number of anilines is 1. The molecule has 0 saturated heterocycles. The summed E-state index contributed by atoms with van der Waals surface area (Å²) in [6.07, 6.45) is 5.11. The Bertz CT molecular complexity index is 321. The monoisotopic (exact) mass is 210 g/mol. The van der Waals surface area contributed by atoms with Crippen LogP contribution in [0, 0.1) is 0 Å². The predicted molar refractivity (Wildman–Crippen MR) is 63.4 cm³/mol. The van der Waals surface area contributed by atoms with Gasteiger partial charge in [-0.15, -0.1) is 0 Å². The summed E-state index contributed by atoms with van der Waals surface area (Å²) in [4.78, 5) is 0. The van der Waals surface area contributed by atoms with Gasteiger partial charge in [-0.05, 0) is 37.7 Å². The first kappa shape index (κ1) is 11.1. The van der Waals surface area contributed by atoms with Crippen molar-refractivity contribution in [2.75, 3.05) is 19.3 Å². The summed E-state index contributed by atoms with van der Waals surface area (Å²) < 4.78 is 0. The van der Waals surface area contributed by atoms with Crippen LogP contribution >= 0.6 is 11.6 Å². The van der Waals surface area contributed by atoms with Crippen LogP contribution in [0.25, 0.3) is 6.08 Å². The van der Waals surface area contributed by atoms with Crippen molar-refractivity contribution in [1.82, 2.24) is 5.32 Å². The summed E-state index contributed by atoms with van der Waals surface area (Å²) in [6.45, 7) is 0.976. The zero-order valence-electron chi connectivity index (χ0n) is 8.26. The minimum atomic E-state index is 0.676. The van der Waals surface area contributed by atoms with E-state index in [1.807, 2.05) is 25.3 Å². The van der Waals surface area contributed by atoms with Crippen LogP contribution in [0.5, 0.6) is 0 Å². The van der Waals surface area contributed by atoms with E-state index >= 15 is 0 Å². The van der Waals surface area contributed by atoms with E-state index in [0.29, 0.717) is 5.02 Å². The van der Waals surface area contributed by atoms with Crippen LogP contribution in [0.4, 0.5) is 5.69 Å². The zero-order chi connectivity index (χ0) is 10.4. The Labute approximate surface area is 89.8 Å². The maximum atomic E-state index is 5.79. The summed E-state index contributed by atoms with van der Waals surface area (Å²) in [5.41, 5.74) is 7.52. The van der Waals surface area contributed by atoms with Crippen molar-refractivity contribution in [3.05, 3.63) is 34.9 Å². The number of nitrogens with two attached hydrogens (primary N) is 1. The number of hydrogen-bond donors (Lipinski definition) is 2. The normalized spacial score (nSPS) is 11.0. The second-order valence-electron chi connectivity index (χ2n) is 3.07. The van der Waals surface area contributed by atoms with Gasteiger partial charge in [0, 0.05) is 10.7 Å². The Kier molecular flexibility index (Phi) is 4.50. The average Bonchev–Trinajstić information content (AvgIpc) is 2.15. The second kappa shape index (κ2) is 5.68. The van der Waals surface area contributed by atoms with E-state index in [4.69, 9.17) is 17.3 Å². The molecule has 0 heterocycles. The third-order valence-electron chi connectivity index (χ3n) is 1.91. The molecule has 0 unspecified atom stereocenters. The SMILES string of the molecule is CNCCC=Cc1ccc(Cl)cc1N. The van der Waals surface area contributed by atoms with Crippen LogP contribution < -0.4 is 11.1 Å². The van der Waals surface area contributed by atoms with Crippen molar-refractivity contribution >= 4 is 23.4 Å². The van der Waals surface area contributed by atoms with Crippen molar-refractivity contribution in [1.29, 1.82) is 0 Å². The van der Waals surface area contributed by atoms with Gasteiger partial charge in [0.25, 0.3) is 0 Å². The molecule has 2 nitrogen and oxygen atoms in total. The molecule has 0 saturated carbocycles. The van der Waals surface area contributed by atoms with Gasteiger partial charge in [-0.2, -0.15) is 0 Å². The first-order valence-electron chi connectivity index (χ1n) is 4.60. The first-order chi connectivity index (χ1) is 6.74. The molecule has 0 fully saturated rings. The zero-order valence-corrected chi connectivity index (χ0v) is 9.01. The van der Waals surface area contributed by atoms with Crippen molar-refractivity contribution in [2.45, 2.75) is 6.42 Å². The molecule has 0 aliphatic carbocycles. The van der Waals surface area contributed by atoms with E-state index in [-0.39, 0.29) is 0 Å². The summed E-state index contributed by atoms with van der Waals surface area (Å²) in [5.74, 6) is 0. The van der Waals surface area contributed by atoms with E-state index in [1.54, 1.807) is 6.07 Å². The topological polar surface area (TPSA) is 38.0 Å². The molecule has 1 aromatic carbocycles. The van der Waals surface area contributed by atoms with Gasteiger partial charge in [0.1, 0.15) is 0 Å². The Morgan fingerprint density at radius 3 is 2.93 bits per heavy atom. The van der Waals surface area contributed by atoms with Crippen LogP contribution in [-0.4, -0.2) is 13.6 Å². The summed E-state index contributed by atoms with van der Waals surface area (Å²) in [7, 11) is 1.94. The summed E-state index contributed by atoms with van der Waals surface area (Å²) in [5, 5.41) is 3.75. The molecule has 3 heteroatoms. The Balaban J connectivity index is 2.62. The van der Waals surface area contributed by atoms with Crippen molar-refractivity contribution in [2.24, 2.45) is 0 Å². The number of benzene rings is 1. The molecule has 0 aliphatic heterocycles. The van der Waals surface area contributed by atoms with E-state index in [9.17, 15) is 0 Å². The Morgan fingerprint density at radius 1 is 1.50 bits per heavy atom. The van der Waals surface area contributed by atoms with Gasteiger partial charge in [-0.25, -0.2) is 0 Å². The average molecular weight is 211 g/mol. The fraction of sp³-hybridized carbons (Fsp3) is 0.273. The number of nitrogen functional groups attached to an aromatic ring is 1.